The Kier molecular flexibility index (Phi) is 4.34. The first-order valence-electron chi connectivity index (χ1n) is 7.13. The Morgan fingerprint density at radius 3 is 2.86 bits per heavy atom. The first-order valence-corrected chi connectivity index (χ1v) is 7.13. The first kappa shape index (κ1) is 14.5. The van der Waals surface area contributed by atoms with Gasteiger partial charge in [-0.25, -0.2) is 9.07 Å². The van der Waals surface area contributed by atoms with Gasteiger partial charge in [-0.15, -0.1) is 0 Å². The van der Waals surface area contributed by atoms with Crippen LogP contribution in [0, 0.1) is 5.82 Å². The molecule has 0 radical (unpaired) electrons. The fraction of sp³-hybridized carbons (Fsp3) is 0.333. The van der Waals surface area contributed by atoms with Gasteiger partial charge in [0.15, 0.2) is 0 Å². The van der Waals surface area contributed by atoms with Crippen LogP contribution in [0.3, 0.4) is 0 Å². The van der Waals surface area contributed by atoms with Gasteiger partial charge >= 0.3 is 0 Å². The molecule has 1 aromatic heterocycles. The largest absolute Gasteiger partial charge is 0.378 e. The molecular formula is C15H17FN4O2. The van der Waals surface area contributed by atoms with E-state index >= 15 is 0 Å². The Hall–Kier alpha value is -2.41. The molecule has 6 nitrogen and oxygen atoms in total. The number of para-hydroxylation sites is 1. The van der Waals surface area contributed by atoms with Gasteiger partial charge in [-0.05, 0) is 18.2 Å². The minimum Gasteiger partial charge on any atom is -0.378 e. The Morgan fingerprint density at radius 1 is 1.32 bits per heavy atom. The highest BCUT2D eigenvalue weighted by Gasteiger charge is 2.18. The van der Waals surface area contributed by atoms with E-state index in [2.05, 4.69) is 10.4 Å². The van der Waals surface area contributed by atoms with Gasteiger partial charge in [0.05, 0.1) is 31.1 Å². The fourth-order valence-electron chi connectivity index (χ4n) is 2.38. The highest BCUT2D eigenvalue weighted by Crippen LogP contribution is 2.23. The molecule has 0 atom stereocenters. The molecule has 0 spiro atoms. The van der Waals surface area contributed by atoms with E-state index in [0.29, 0.717) is 32.0 Å². The van der Waals surface area contributed by atoms with Crippen LogP contribution in [0.1, 0.15) is 0 Å². The minimum absolute atomic E-state index is 0.0369. The summed E-state index contributed by atoms with van der Waals surface area (Å²) >= 11 is 0. The normalized spacial score (nSPS) is 14.9. The lowest BCUT2D eigenvalue weighted by Crippen LogP contribution is -2.43. The number of aromatic nitrogens is 2. The molecule has 0 unspecified atom stereocenters. The predicted octanol–water partition coefficient (Wildman–Crippen LogP) is 1.28. The van der Waals surface area contributed by atoms with Gasteiger partial charge in [-0.1, -0.05) is 6.07 Å². The number of carbonyl (C=O) groups excluding carboxylic acids is 1. The van der Waals surface area contributed by atoms with E-state index in [1.807, 2.05) is 0 Å². The average molecular weight is 304 g/mol. The molecule has 0 aliphatic carbocycles. The van der Waals surface area contributed by atoms with Gasteiger partial charge < -0.3 is 15.0 Å². The maximum Gasteiger partial charge on any atom is 0.242 e. The van der Waals surface area contributed by atoms with E-state index in [9.17, 15) is 9.18 Å². The zero-order valence-corrected chi connectivity index (χ0v) is 12.0. The number of carbonyl (C=O) groups is 1. The van der Waals surface area contributed by atoms with Crippen molar-refractivity contribution in [2.24, 2.45) is 0 Å². The lowest BCUT2D eigenvalue weighted by molar-refractivity contribution is -0.133. The Morgan fingerprint density at radius 2 is 2.14 bits per heavy atom. The smallest absolute Gasteiger partial charge is 0.242 e. The summed E-state index contributed by atoms with van der Waals surface area (Å²) in [7, 11) is 0. The van der Waals surface area contributed by atoms with Crippen molar-refractivity contribution in [2.75, 3.05) is 38.2 Å². The van der Waals surface area contributed by atoms with E-state index in [1.54, 1.807) is 40.2 Å². The lowest BCUT2D eigenvalue weighted by atomic mass is 10.2. The summed E-state index contributed by atoms with van der Waals surface area (Å²) in [5, 5.41) is 7.00. The van der Waals surface area contributed by atoms with Crippen LogP contribution in [0.5, 0.6) is 0 Å². The summed E-state index contributed by atoms with van der Waals surface area (Å²) in [6.45, 7) is 2.27. The zero-order valence-electron chi connectivity index (χ0n) is 12.0. The van der Waals surface area contributed by atoms with Crippen LogP contribution in [0.25, 0.3) is 5.69 Å². The summed E-state index contributed by atoms with van der Waals surface area (Å²) in [5.74, 6) is -0.485. The fourth-order valence-corrected chi connectivity index (χ4v) is 2.38. The Labute approximate surface area is 127 Å². The van der Waals surface area contributed by atoms with Gasteiger partial charge in [0.2, 0.25) is 5.91 Å². The standard InChI is InChI=1S/C15H17FN4O2/c16-12-3-1-4-13(20-6-2-5-18-20)15(12)17-11-14(21)19-7-9-22-10-8-19/h1-6,17H,7-11H2. The molecule has 1 aliphatic rings. The van der Waals surface area contributed by atoms with Crippen LogP contribution in [0.2, 0.25) is 0 Å². The number of anilines is 1. The van der Waals surface area contributed by atoms with Gasteiger partial charge in [-0.2, -0.15) is 5.10 Å². The van der Waals surface area contributed by atoms with Crippen molar-refractivity contribution in [3.8, 4) is 5.69 Å². The van der Waals surface area contributed by atoms with Crippen molar-refractivity contribution < 1.29 is 13.9 Å². The number of hydrogen-bond donors (Lipinski definition) is 1. The summed E-state index contributed by atoms with van der Waals surface area (Å²) in [6, 6.07) is 6.47. The molecule has 1 fully saturated rings. The molecule has 7 heteroatoms. The van der Waals surface area contributed by atoms with Crippen LogP contribution in [-0.4, -0.2) is 53.4 Å². The van der Waals surface area contributed by atoms with E-state index < -0.39 is 5.82 Å². The lowest BCUT2D eigenvalue weighted by Gasteiger charge is -2.27. The summed E-state index contributed by atoms with van der Waals surface area (Å²) in [5.41, 5.74) is 0.840. The van der Waals surface area contributed by atoms with Crippen molar-refractivity contribution in [3.05, 3.63) is 42.5 Å². The van der Waals surface area contributed by atoms with Gasteiger partial charge in [-0.3, -0.25) is 4.79 Å². The molecule has 1 N–H and O–H groups in total. The third kappa shape index (κ3) is 3.09. The van der Waals surface area contributed by atoms with Crippen LogP contribution < -0.4 is 5.32 Å². The first-order chi connectivity index (χ1) is 10.8. The number of amides is 1. The van der Waals surface area contributed by atoms with Crippen molar-refractivity contribution in [3.63, 3.8) is 0 Å². The molecule has 1 aromatic carbocycles. The molecular weight excluding hydrogens is 287 g/mol. The molecule has 116 valence electrons. The quantitative estimate of drug-likeness (QED) is 0.924. The van der Waals surface area contributed by atoms with Crippen LogP contribution in [0.15, 0.2) is 36.7 Å². The zero-order chi connectivity index (χ0) is 15.4. The molecule has 1 amide bonds. The molecule has 1 aliphatic heterocycles. The van der Waals surface area contributed by atoms with E-state index in [0.717, 1.165) is 0 Å². The van der Waals surface area contributed by atoms with Gasteiger partial charge in [0.1, 0.15) is 5.82 Å². The predicted molar refractivity (Wildman–Crippen MR) is 79.4 cm³/mol. The third-order valence-corrected chi connectivity index (χ3v) is 3.52. The monoisotopic (exact) mass is 304 g/mol. The van der Waals surface area contributed by atoms with Crippen molar-refractivity contribution >= 4 is 11.6 Å². The van der Waals surface area contributed by atoms with Crippen molar-refractivity contribution in [2.45, 2.75) is 0 Å². The molecule has 2 aromatic rings. The van der Waals surface area contributed by atoms with Crippen molar-refractivity contribution in [1.82, 2.24) is 14.7 Å². The van der Waals surface area contributed by atoms with E-state index in [1.165, 1.54) is 6.07 Å². The van der Waals surface area contributed by atoms with Crippen LogP contribution in [0.4, 0.5) is 10.1 Å². The highest BCUT2D eigenvalue weighted by atomic mass is 19.1. The second kappa shape index (κ2) is 6.57. The van der Waals surface area contributed by atoms with Crippen LogP contribution >= 0.6 is 0 Å². The SMILES string of the molecule is O=C(CNc1c(F)cccc1-n1cccn1)N1CCOCC1. The van der Waals surface area contributed by atoms with E-state index in [4.69, 9.17) is 4.74 Å². The second-order valence-corrected chi connectivity index (χ2v) is 4.93. The number of rotatable bonds is 4. The number of ether oxygens (including phenoxy) is 1. The second-order valence-electron chi connectivity index (χ2n) is 4.93. The minimum atomic E-state index is -0.414. The maximum absolute atomic E-state index is 14.1. The average Bonchev–Trinajstić information content (AvgIpc) is 3.08. The summed E-state index contributed by atoms with van der Waals surface area (Å²) in [6.07, 6.45) is 3.34. The number of halogens is 1. The molecule has 0 saturated carbocycles. The van der Waals surface area contributed by atoms with E-state index in [-0.39, 0.29) is 18.1 Å². The molecule has 3 rings (SSSR count). The highest BCUT2D eigenvalue weighted by molar-refractivity contribution is 5.82. The third-order valence-electron chi connectivity index (χ3n) is 3.52. The molecule has 0 bridgehead atoms. The Bertz CT molecular complexity index is 639. The topological polar surface area (TPSA) is 59.4 Å². The number of hydrogen-bond acceptors (Lipinski definition) is 4. The summed E-state index contributed by atoms with van der Waals surface area (Å²) in [4.78, 5) is 13.9. The number of benzene rings is 1. The van der Waals surface area contributed by atoms with Gasteiger partial charge in [0.25, 0.3) is 0 Å². The summed E-state index contributed by atoms with van der Waals surface area (Å²) < 4.78 is 20.9. The molecule has 2 heterocycles. The number of morpholine rings is 1. The number of nitrogens with zero attached hydrogens (tertiary/aromatic N) is 3. The van der Waals surface area contributed by atoms with Crippen molar-refractivity contribution in [1.29, 1.82) is 0 Å². The molecule has 1 saturated heterocycles. The van der Waals surface area contributed by atoms with Gasteiger partial charge in [0, 0.05) is 25.5 Å². The molecule has 22 heavy (non-hydrogen) atoms. The Balaban J connectivity index is 1.73. The van der Waals surface area contributed by atoms with Crippen LogP contribution in [-0.2, 0) is 9.53 Å². The number of nitrogens with one attached hydrogen (secondary N) is 1. The maximum atomic E-state index is 14.1.